The van der Waals surface area contributed by atoms with Gasteiger partial charge in [0.15, 0.2) is 11.5 Å². The number of pyridine rings is 1. The molecular weight excluding hydrogens is 372 g/mol. The van der Waals surface area contributed by atoms with E-state index >= 15 is 0 Å². The Hall–Kier alpha value is -2.85. The molecule has 0 amide bonds. The third kappa shape index (κ3) is 4.19. The molecule has 0 spiro atoms. The van der Waals surface area contributed by atoms with E-state index < -0.39 is 0 Å². The van der Waals surface area contributed by atoms with Crippen LogP contribution in [0, 0.1) is 6.92 Å². The molecule has 3 aromatic rings. The van der Waals surface area contributed by atoms with E-state index in [-0.39, 0.29) is 0 Å². The number of benzene rings is 2. The molecule has 2 aliphatic heterocycles. The number of nitrogens with zero attached hydrogens (tertiary/aromatic N) is 2. The smallest absolute Gasteiger partial charge is 0.161 e. The van der Waals surface area contributed by atoms with Gasteiger partial charge in [-0.1, -0.05) is 30.3 Å². The van der Waals surface area contributed by atoms with Crippen molar-refractivity contribution in [2.75, 3.05) is 19.8 Å². The van der Waals surface area contributed by atoms with E-state index in [0.717, 1.165) is 36.7 Å². The molecule has 0 radical (unpaired) electrons. The van der Waals surface area contributed by atoms with Crippen LogP contribution < -0.4 is 9.47 Å². The van der Waals surface area contributed by atoms with E-state index in [1.165, 1.54) is 35.1 Å². The first-order valence-electron chi connectivity index (χ1n) is 10.9. The van der Waals surface area contributed by atoms with Crippen LogP contribution in [0.3, 0.4) is 0 Å². The maximum Gasteiger partial charge on any atom is 0.161 e. The lowest BCUT2D eigenvalue weighted by Gasteiger charge is -2.26. The number of hydrogen-bond donors (Lipinski definition) is 0. The number of likely N-dealkylation sites (tertiary alicyclic amines) is 1. The van der Waals surface area contributed by atoms with E-state index in [4.69, 9.17) is 9.47 Å². The third-order valence-corrected chi connectivity index (χ3v) is 6.09. The Kier molecular flexibility index (Phi) is 5.41. The van der Waals surface area contributed by atoms with Crippen LogP contribution in [0.4, 0.5) is 0 Å². The highest BCUT2D eigenvalue weighted by Crippen LogP contribution is 2.38. The molecule has 0 saturated carbocycles. The molecule has 2 aliphatic rings. The van der Waals surface area contributed by atoms with Crippen molar-refractivity contribution in [1.82, 2.24) is 9.88 Å². The molecule has 0 N–H and O–H groups in total. The maximum absolute atomic E-state index is 5.80. The summed E-state index contributed by atoms with van der Waals surface area (Å²) in [5.74, 6) is 1.76. The number of hydrogen-bond acceptors (Lipinski definition) is 4. The van der Waals surface area contributed by atoms with Crippen molar-refractivity contribution in [3.63, 3.8) is 0 Å². The number of ether oxygens (including phenoxy) is 2. The van der Waals surface area contributed by atoms with Gasteiger partial charge in [0.05, 0.1) is 0 Å². The Morgan fingerprint density at radius 1 is 0.900 bits per heavy atom. The van der Waals surface area contributed by atoms with Crippen molar-refractivity contribution in [1.29, 1.82) is 0 Å². The summed E-state index contributed by atoms with van der Waals surface area (Å²) in [5, 5.41) is 0. The molecule has 1 saturated heterocycles. The average Bonchev–Trinajstić information content (AvgIpc) is 3.23. The first-order chi connectivity index (χ1) is 14.7. The maximum atomic E-state index is 5.80. The lowest BCUT2D eigenvalue weighted by Crippen LogP contribution is -2.23. The summed E-state index contributed by atoms with van der Waals surface area (Å²) < 4.78 is 11.5. The quantitative estimate of drug-likeness (QED) is 0.598. The molecule has 30 heavy (non-hydrogen) atoms. The second-order valence-electron chi connectivity index (χ2n) is 8.33. The molecule has 1 aromatic heterocycles. The fraction of sp³-hybridized carbons (Fsp3) is 0.346. The fourth-order valence-corrected chi connectivity index (χ4v) is 4.61. The summed E-state index contributed by atoms with van der Waals surface area (Å²) in [6.07, 6.45) is 5.27. The number of aromatic nitrogens is 1. The van der Waals surface area contributed by atoms with E-state index in [0.29, 0.717) is 19.3 Å². The van der Waals surface area contributed by atoms with Crippen LogP contribution in [0.2, 0.25) is 0 Å². The zero-order chi connectivity index (χ0) is 20.3. The van der Waals surface area contributed by atoms with Gasteiger partial charge in [-0.05, 0) is 79.3 Å². The van der Waals surface area contributed by atoms with Crippen molar-refractivity contribution in [3.05, 3.63) is 88.7 Å². The van der Waals surface area contributed by atoms with Crippen molar-refractivity contribution >= 4 is 0 Å². The Labute approximate surface area is 178 Å². The van der Waals surface area contributed by atoms with Crippen molar-refractivity contribution < 1.29 is 9.47 Å². The number of rotatable bonds is 5. The van der Waals surface area contributed by atoms with Crippen LogP contribution in [0.1, 0.15) is 46.8 Å². The van der Waals surface area contributed by atoms with Gasteiger partial charge in [-0.3, -0.25) is 9.88 Å². The van der Waals surface area contributed by atoms with Gasteiger partial charge < -0.3 is 9.47 Å². The molecular formula is C26H28N2O2. The van der Waals surface area contributed by atoms with Crippen molar-refractivity contribution in [2.45, 2.75) is 38.8 Å². The van der Waals surface area contributed by atoms with Crippen LogP contribution in [-0.4, -0.2) is 29.6 Å². The number of fused-ring (bicyclic) bond motifs is 1. The molecule has 0 aliphatic carbocycles. The Morgan fingerprint density at radius 2 is 1.70 bits per heavy atom. The molecule has 2 aromatic carbocycles. The predicted octanol–water partition coefficient (Wildman–Crippen LogP) is 5.09. The molecule has 1 atom stereocenters. The molecule has 0 unspecified atom stereocenters. The minimum Gasteiger partial charge on any atom is -0.486 e. The Balaban J connectivity index is 1.27. The second kappa shape index (κ2) is 8.49. The highest BCUT2D eigenvalue weighted by atomic mass is 16.6. The van der Waals surface area contributed by atoms with Gasteiger partial charge in [0, 0.05) is 24.5 Å². The molecule has 1 fully saturated rings. The molecule has 154 valence electrons. The van der Waals surface area contributed by atoms with Gasteiger partial charge in [0.1, 0.15) is 13.2 Å². The standard InChI is InChI=1S/C26H28N2O2/c1-19-15-22(10-11-27-19)16-20-4-6-21(7-5-20)18-28-12-2-3-24(28)23-8-9-25-26(17-23)30-14-13-29-25/h4-11,15,17,24H,2-3,12-14,16,18H2,1H3/t24-/m1/s1. The van der Waals surface area contributed by atoms with Gasteiger partial charge in [0.25, 0.3) is 0 Å². The zero-order valence-corrected chi connectivity index (χ0v) is 17.5. The molecule has 0 bridgehead atoms. The minimum atomic E-state index is 0.445. The van der Waals surface area contributed by atoms with Gasteiger partial charge in [0.2, 0.25) is 0 Å². The van der Waals surface area contributed by atoms with Gasteiger partial charge in [-0.25, -0.2) is 0 Å². The van der Waals surface area contributed by atoms with E-state index in [1.807, 2.05) is 13.1 Å². The first-order valence-corrected chi connectivity index (χ1v) is 10.9. The molecule has 5 rings (SSSR count). The topological polar surface area (TPSA) is 34.6 Å². The molecule has 4 heteroatoms. The first kappa shape index (κ1) is 19.1. The van der Waals surface area contributed by atoms with Gasteiger partial charge in [-0.2, -0.15) is 0 Å². The zero-order valence-electron chi connectivity index (χ0n) is 17.5. The summed E-state index contributed by atoms with van der Waals surface area (Å²) in [6.45, 7) is 5.43. The van der Waals surface area contributed by atoms with Crippen LogP contribution in [0.15, 0.2) is 60.8 Å². The predicted molar refractivity (Wildman–Crippen MR) is 118 cm³/mol. The summed E-state index contributed by atoms with van der Waals surface area (Å²) in [4.78, 5) is 6.88. The lowest BCUT2D eigenvalue weighted by molar-refractivity contribution is 0.170. The van der Waals surface area contributed by atoms with E-state index in [9.17, 15) is 0 Å². The highest BCUT2D eigenvalue weighted by Gasteiger charge is 2.27. The lowest BCUT2D eigenvalue weighted by atomic mass is 10.0. The number of aryl methyl sites for hydroxylation is 1. The van der Waals surface area contributed by atoms with E-state index in [1.54, 1.807) is 0 Å². The summed E-state index contributed by atoms with van der Waals surface area (Å²) in [5.41, 5.74) is 6.43. The van der Waals surface area contributed by atoms with Crippen LogP contribution in [0.5, 0.6) is 11.5 Å². The normalized spacial score (nSPS) is 18.5. The Bertz CT molecular complexity index is 1020. The third-order valence-electron chi connectivity index (χ3n) is 6.09. The van der Waals surface area contributed by atoms with Crippen LogP contribution >= 0.6 is 0 Å². The largest absolute Gasteiger partial charge is 0.486 e. The average molecular weight is 401 g/mol. The highest BCUT2D eigenvalue weighted by molar-refractivity contribution is 5.45. The minimum absolute atomic E-state index is 0.445. The van der Waals surface area contributed by atoms with Crippen molar-refractivity contribution in [3.8, 4) is 11.5 Å². The van der Waals surface area contributed by atoms with Crippen LogP contribution in [0.25, 0.3) is 0 Å². The van der Waals surface area contributed by atoms with Gasteiger partial charge in [-0.15, -0.1) is 0 Å². The summed E-state index contributed by atoms with van der Waals surface area (Å²) in [6, 6.07) is 20.2. The van der Waals surface area contributed by atoms with E-state index in [2.05, 4.69) is 64.5 Å². The fourth-order valence-electron chi connectivity index (χ4n) is 4.61. The molecule has 4 nitrogen and oxygen atoms in total. The Morgan fingerprint density at radius 3 is 2.53 bits per heavy atom. The monoisotopic (exact) mass is 400 g/mol. The molecule has 3 heterocycles. The SMILES string of the molecule is Cc1cc(Cc2ccc(CN3CCC[C@@H]3c3ccc4c(c3)OCCO4)cc2)ccn1. The summed E-state index contributed by atoms with van der Waals surface area (Å²) >= 11 is 0. The van der Waals surface area contributed by atoms with Gasteiger partial charge >= 0.3 is 0 Å². The second-order valence-corrected chi connectivity index (χ2v) is 8.33. The van der Waals surface area contributed by atoms with Crippen molar-refractivity contribution in [2.24, 2.45) is 0 Å². The van der Waals surface area contributed by atoms with Crippen LogP contribution in [-0.2, 0) is 13.0 Å². The summed E-state index contributed by atoms with van der Waals surface area (Å²) in [7, 11) is 0.